The minimum Gasteiger partial charge on any atom is -0.469 e. The fourth-order valence-corrected chi connectivity index (χ4v) is 6.49. The Labute approximate surface area is 264 Å². The third kappa shape index (κ3) is 8.18. The number of aromatic nitrogens is 3. The third-order valence-corrected chi connectivity index (χ3v) is 8.38. The van der Waals surface area contributed by atoms with Crippen LogP contribution in [0.4, 0.5) is 20.7 Å². The molecule has 0 radical (unpaired) electrons. The van der Waals surface area contributed by atoms with Gasteiger partial charge < -0.3 is 24.3 Å². The number of rotatable bonds is 10. The van der Waals surface area contributed by atoms with E-state index in [1.165, 1.54) is 34.0 Å². The molecule has 2 unspecified atom stereocenters. The lowest BCUT2D eigenvalue weighted by Gasteiger charge is -2.31. The average Bonchev–Trinajstić information content (AvgIpc) is 3.53. The van der Waals surface area contributed by atoms with Crippen LogP contribution in [0.2, 0.25) is 0 Å². The summed E-state index contributed by atoms with van der Waals surface area (Å²) < 4.78 is 63.6. The number of benzene rings is 1. The first-order valence-corrected chi connectivity index (χ1v) is 15.8. The second kappa shape index (κ2) is 12.6. The number of hydrogen-bond donors (Lipinski definition) is 0. The van der Waals surface area contributed by atoms with Crippen LogP contribution in [-0.2, 0) is 29.4 Å². The lowest BCUT2D eigenvalue weighted by Crippen LogP contribution is -2.34. The van der Waals surface area contributed by atoms with E-state index < -0.39 is 48.1 Å². The molecule has 46 heavy (non-hydrogen) atoms. The summed E-state index contributed by atoms with van der Waals surface area (Å²) in [7, 11) is -4.02. The van der Waals surface area contributed by atoms with Crippen LogP contribution in [0, 0.1) is 15.9 Å². The van der Waals surface area contributed by atoms with Crippen molar-refractivity contribution in [2.24, 2.45) is 0 Å². The van der Waals surface area contributed by atoms with Crippen LogP contribution in [0.25, 0.3) is 11.1 Å². The molecule has 2 aliphatic heterocycles. The van der Waals surface area contributed by atoms with E-state index in [-0.39, 0.29) is 55.3 Å². The number of fused-ring (bicyclic) bond motifs is 1. The van der Waals surface area contributed by atoms with E-state index in [2.05, 4.69) is 9.97 Å². The molecule has 5 rings (SSSR count). The number of nitrogens with zero attached hydrogens (tertiary/aromatic N) is 5. The van der Waals surface area contributed by atoms with Crippen LogP contribution in [0.15, 0.2) is 42.7 Å². The molecule has 0 spiro atoms. The number of imidazole rings is 1. The molecule has 1 amide bonds. The summed E-state index contributed by atoms with van der Waals surface area (Å²) in [6, 6.07) is 7.65. The Morgan fingerprint density at radius 3 is 2.43 bits per heavy atom. The number of amides is 1. The fourth-order valence-electron chi connectivity index (χ4n) is 4.65. The Bertz CT molecular complexity index is 1630. The maximum Gasteiger partial charge on any atom is 0.475 e. The minimum atomic E-state index is -4.02. The standard InChI is InChI=1S/C29H35FN5O10P/c1-28(2,3)44-46(39,45-29(4,5)6)41-17-21-14-34(27(36)43-21)19-8-9-22(23(30)11-19)18-7-10-25(31-12-18)42-20-13-33-15-24(35(37)38)32-26(33)40-16-20/h7-12,15,20-21H,13-14,16-17H2,1-6H3. The number of anilines is 1. The highest BCUT2D eigenvalue weighted by molar-refractivity contribution is 7.48. The van der Waals surface area contributed by atoms with Crippen LogP contribution in [0.3, 0.4) is 0 Å². The van der Waals surface area contributed by atoms with Crippen molar-refractivity contribution >= 4 is 25.4 Å². The number of carbonyl (C=O) groups excluding carboxylic acids is 1. The minimum absolute atomic E-state index is 0.0229. The third-order valence-electron chi connectivity index (χ3n) is 6.38. The molecule has 0 aliphatic carbocycles. The quantitative estimate of drug-likeness (QED) is 0.143. The van der Waals surface area contributed by atoms with Gasteiger partial charge in [0.15, 0.2) is 6.10 Å². The number of cyclic esters (lactones) is 1. The van der Waals surface area contributed by atoms with Crippen LogP contribution >= 0.6 is 7.82 Å². The molecular weight excluding hydrogens is 628 g/mol. The van der Waals surface area contributed by atoms with Crippen molar-refractivity contribution in [3.8, 4) is 23.0 Å². The predicted octanol–water partition coefficient (Wildman–Crippen LogP) is 5.91. The Hall–Kier alpha value is -4.11. The summed E-state index contributed by atoms with van der Waals surface area (Å²) >= 11 is 0. The van der Waals surface area contributed by atoms with Gasteiger partial charge in [-0.1, -0.05) is 0 Å². The maximum atomic E-state index is 15.3. The van der Waals surface area contributed by atoms with E-state index >= 15 is 4.39 Å². The lowest BCUT2D eigenvalue weighted by atomic mass is 10.1. The van der Waals surface area contributed by atoms with Gasteiger partial charge in [-0.25, -0.2) is 18.7 Å². The largest absolute Gasteiger partial charge is 0.475 e. The van der Waals surface area contributed by atoms with E-state index in [9.17, 15) is 19.5 Å². The predicted molar refractivity (Wildman–Crippen MR) is 161 cm³/mol. The summed E-state index contributed by atoms with van der Waals surface area (Å²) in [6.07, 6.45) is 0.719. The maximum absolute atomic E-state index is 15.3. The normalized spacial score (nSPS) is 18.6. The molecular formula is C29H35FN5O10P. The van der Waals surface area contributed by atoms with Gasteiger partial charge in [0.25, 0.3) is 0 Å². The topological polar surface area (TPSA) is 167 Å². The Morgan fingerprint density at radius 2 is 1.83 bits per heavy atom. The number of hydrogen-bond acceptors (Lipinski definition) is 12. The molecule has 3 aromatic rings. The number of carbonyl (C=O) groups is 1. The van der Waals surface area contributed by atoms with Crippen LogP contribution in [0.1, 0.15) is 41.5 Å². The number of ether oxygens (including phenoxy) is 3. The molecule has 2 aromatic heterocycles. The second-order valence-electron chi connectivity index (χ2n) is 12.7. The number of halogens is 1. The van der Waals surface area contributed by atoms with Crippen molar-refractivity contribution in [3.05, 3.63) is 58.7 Å². The van der Waals surface area contributed by atoms with Gasteiger partial charge in [-0.2, -0.15) is 0 Å². The Morgan fingerprint density at radius 1 is 1.11 bits per heavy atom. The molecule has 17 heteroatoms. The monoisotopic (exact) mass is 663 g/mol. The molecule has 2 atom stereocenters. The van der Waals surface area contributed by atoms with E-state index in [1.807, 2.05) is 0 Å². The van der Waals surface area contributed by atoms with Crippen molar-refractivity contribution in [1.82, 2.24) is 14.5 Å². The molecule has 0 N–H and O–H groups in total. The zero-order chi connectivity index (χ0) is 33.4. The summed E-state index contributed by atoms with van der Waals surface area (Å²) in [6.45, 7) is 10.4. The molecule has 15 nitrogen and oxygen atoms in total. The van der Waals surface area contributed by atoms with Gasteiger partial charge in [0, 0.05) is 28.4 Å². The van der Waals surface area contributed by atoms with Gasteiger partial charge in [-0.15, -0.1) is 0 Å². The van der Waals surface area contributed by atoms with Gasteiger partial charge in [-0.3, -0.25) is 23.0 Å². The molecule has 248 valence electrons. The summed E-state index contributed by atoms with van der Waals surface area (Å²) in [5.74, 6) is -0.663. The smallest absolute Gasteiger partial charge is 0.469 e. The Balaban J connectivity index is 1.20. The number of phosphoric acid groups is 1. The van der Waals surface area contributed by atoms with Crippen molar-refractivity contribution in [1.29, 1.82) is 0 Å². The van der Waals surface area contributed by atoms with E-state index in [0.717, 1.165) is 0 Å². The molecule has 0 bridgehead atoms. The molecule has 4 heterocycles. The Kier molecular flexibility index (Phi) is 9.10. The zero-order valence-corrected chi connectivity index (χ0v) is 27.1. The number of nitro groups is 1. The molecule has 1 fully saturated rings. The molecule has 0 saturated carbocycles. The second-order valence-corrected chi connectivity index (χ2v) is 14.2. The molecule has 1 aromatic carbocycles. The van der Waals surface area contributed by atoms with Gasteiger partial charge in [-0.05, 0) is 70.7 Å². The van der Waals surface area contributed by atoms with Gasteiger partial charge in [0.05, 0.1) is 36.6 Å². The van der Waals surface area contributed by atoms with Crippen molar-refractivity contribution in [3.63, 3.8) is 0 Å². The van der Waals surface area contributed by atoms with E-state index in [0.29, 0.717) is 5.56 Å². The first-order valence-electron chi connectivity index (χ1n) is 14.4. The first-order chi connectivity index (χ1) is 21.5. The molecule has 2 aliphatic rings. The van der Waals surface area contributed by atoms with Crippen LogP contribution in [-0.4, -0.2) is 68.7 Å². The molecule has 1 saturated heterocycles. The summed E-state index contributed by atoms with van der Waals surface area (Å²) in [5.41, 5.74) is -0.689. The first kappa shape index (κ1) is 33.3. The summed E-state index contributed by atoms with van der Waals surface area (Å²) in [5, 5.41) is 11.0. The van der Waals surface area contributed by atoms with E-state index in [1.54, 1.807) is 59.7 Å². The highest BCUT2D eigenvalue weighted by Gasteiger charge is 2.40. The lowest BCUT2D eigenvalue weighted by molar-refractivity contribution is -0.389. The highest BCUT2D eigenvalue weighted by atomic mass is 31.2. The van der Waals surface area contributed by atoms with Gasteiger partial charge in [0.1, 0.15) is 24.7 Å². The van der Waals surface area contributed by atoms with Crippen molar-refractivity contribution in [2.45, 2.75) is 71.5 Å². The average molecular weight is 664 g/mol. The highest BCUT2D eigenvalue weighted by Crippen LogP contribution is 2.55. The van der Waals surface area contributed by atoms with Crippen LogP contribution in [0.5, 0.6) is 11.9 Å². The van der Waals surface area contributed by atoms with Gasteiger partial charge >= 0.3 is 25.7 Å². The SMILES string of the molecule is CC(C)(C)OP(=O)(OCC1CN(c2ccc(-c3ccc(OC4COc5nc([N+](=O)[O-])cn5C4)nc3)c(F)c2)C(=O)O1)OC(C)(C)C. The summed E-state index contributed by atoms with van der Waals surface area (Å²) in [4.78, 5) is 32.3. The van der Waals surface area contributed by atoms with E-state index in [4.69, 9.17) is 27.8 Å². The number of phosphoric ester groups is 1. The number of pyridine rings is 1. The van der Waals surface area contributed by atoms with Crippen LogP contribution < -0.4 is 14.4 Å². The zero-order valence-electron chi connectivity index (χ0n) is 26.2. The van der Waals surface area contributed by atoms with Gasteiger partial charge in [0.2, 0.25) is 5.88 Å². The van der Waals surface area contributed by atoms with Crippen molar-refractivity contribution < 1.29 is 46.5 Å². The van der Waals surface area contributed by atoms with Crippen molar-refractivity contribution in [2.75, 3.05) is 24.7 Å². The fraction of sp³-hybridized carbons (Fsp3) is 0.483.